The number of hydrogen-bond acceptors (Lipinski definition) is 4. The van der Waals surface area contributed by atoms with Crippen LogP contribution in [0, 0.1) is 12.7 Å². The Morgan fingerprint density at radius 3 is 2.83 bits per heavy atom. The van der Waals surface area contributed by atoms with Crippen LogP contribution in [0.25, 0.3) is 0 Å². The topological polar surface area (TPSA) is 58.1 Å². The maximum atomic E-state index is 13.5. The van der Waals surface area contributed by atoms with Crippen LogP contribution in [0.2, 0.25) is 0 Å². The van der Waals surface area contributed by atoms with Crippen LogP contribution < -0.4 is 5.32 Å². The highest BCUT2D eigenvalue weighted by atomic mass is 19.1. The second kappa shape index (κ2) is 7.78. The van der Waals surface area contributed by atoms with Crippen LogP contribution in [0.3, 0.4) is 0 Å². The van der Waals surface area contributed by atoms with Gasteiger partial charge in [-0.2, -0.15) is 0 Å². The minimum absolute atomic E-state index is 0.132. The molecule has 1 aromatic carbocycles. The standard InChI is InChI=1S/C17H21FN4O/c1-12-4-5-14(9-16(12)18)21-17(23)11-22(3)13(2)8-15-10-19-6-7-20-15/h4-7,9-10,13H,8,11H2,1-3H3,(H,21,23)/t13-/m0/s1. The summed E-state index contributed by atoms with van der Waals surface area (Å²) in [4.78, 5) is 22.3. The lowest BCUT2D eigenvalue weighted by Crippen LogP contribution is -2.37. The molecule has 0 aliphatic carbocycles. The van der Waals surface area contributed by atoms with Gasteiger partial charge in [0.1, 0.15) is 5.82 Å². The molecule has 6 heteroatoms. The molecule has 2 aromatic rings. The minimum Gasteiger partial charge on any atom is -0.325 e. The maximum Gasteiger partial charge on any atom is 0.238 e. The van der Waals surface area contributed by atoms with Crippen molar-refractivity contribution in [3.05, 3.63) is 53.9 Å². The first kappa shape index (κ1) is 17.0. The van der Waals surface area contributed by atoms with Gasteiger partial charge in [-0.15, -0.1) is 0 Å². The molecule has 0 radical (unpaired) electrons. The van der Waals surface area contributed by atoms with Crippen molar-refractivity contribution in [3.63, 3.8) is 0 Å². The molecule has 0 bridgehead atoms. The number of aromatic nitrogens is 2. The number of likely N-dealkylation sites (N-methyl/N-ethyl adjacent to an activating group) is 1. The third-order valence-corrected chi connectivity index (χ3v) is 3.72. The van der Waals surface area contributed by atoms with Crippen molar-refractivity contribution >= 4 is 11.6 Å². The number of aryl methyl sites for hydroxylation is 1. The van der Waals surface area contributed by atoms with Gasteiger partial charge in [0, 0.05) is 36.7 Å². The maximum absolute atomic E-state index is 13.5. The fraction of sp³-hybridized carbons (Fsp3) is 0.353. The van der Waals surface area contributed by atoms with Crippen molar-refractivity contribution in [3.8, 4) is 0 Å². The molecule has 1 N–H and O–H groups in total. The number of nitrogens with zero attached hydrogens (tertiary/aromatic N) is 3. The molecule has 5 nitrogen and oxygen atoms in total. The lowest BCUT2D eigenvalue weighted by molar-refractivity contribution is -0.117. The number of carbonyl (C=O) groups excluding carboxylic acids is 1. The molecule has 0 unspecified atom stereocenters. The zero-order valence-corrected chi connectivity index (χ0v) is 13.6. The predicted octanol–water partition coefficient (Wildman–Crippen LogP) is 2.43. The SMILES string of the molecule is Cc1ccc(NC(=O)CN(C)[C@@H](C)Cc2cnccn2)cc1F. The lowest BCUT2D eigenvalue weighted by atomic mass is 10.1. The monoisotopic (exact) mass is 316 g/mol. The Hall–Kier alpha value is -2.34. The molecule has 0 saturated heterocycles. The van der Waals surface area contributed by atoms with Gasteiger partial charge in [0.05, 0.1) is 12.2 Å². The van der Waals surface area contributed by atoms with Crippen LogP contribution in [-0.2, 0) is 11.2 Å². The highest BCUT2D eigenvalue weighted by Crippen LogP contribution is 2.13. The Balaban J connectivity index is 1.87. The van der Waals surface area contributed by atoms with Crippen molar-refractivity contribution in [1.29, 1.82) is 0 Å². The molecule has 23 heavy (non-hydrogen) atoms. The van der Waals surface area contributed by atoms with Gasteiger partial charge >= 0.3 is 0 Å². The van der Waals surface area contributed by atoms with E-state index >= 15 is 0 Å². The Morgan fingerprint density at radius 1 is 1.39 bits per heavy atom. The third kappa shape index (κ3) is 5.10. The Kier molecular flexibility index (Phi) is 5.76. The normalized spacial score (nSPS) is 12.2. The molecule has 1 aromatic heterocycles. The van der Waals surface area contributed by atoms with E-state index in [0.29, 0.717) is 17.7 Å². The predicted molar refractivity (Wildman–Crippen MR) is 87.6 cm³/mol. The van der Waals surface area contributed by atoms with Gasteiger partial charge in [0.15, 0.2) is 0 Å². The van der Waals surface area contributed by atoms with Crippen LogP contribution in [0.5, 0.6) is 0 Å². The number of nitrogens with one attached hydrogen (secondary N) is 1. The van der Waals surface area contributed by atoms with Gasteiger partial charge < -0.3 is 5.32 Å². The van der Waals surface area contributed by atoms with Crippen LogP contribution in [0.4, 0.5) is 10.1 Å². The van der Waals surface area contributed by atoms with Gasteiger partial charge in [-0.05, 0) is 38.6 Å². The Labute approximate surface area is 135 Å². The van der Waals surface area contributed by atoms with Crippen molar-refractivity contribution < 1.29 is 9.18 Å². The van der Waals surface area contributed by atoms with E-state index in [-0.39, 0.29) is 24.3 Å². The van der Waals surface area contributed by atoms with E-state index in [1.54, 1.807) is 37.6 Å². The van der Waals surface area contributed by atoms with Crippen LogP contribution in [0.15, 0.2) is 36.8 Å². The molecule has 1 amide bonds. The molecule has 0 fully saturated rings. The summed E-state index contributed by atoms with van der Waals surface area (Å²) in [7, 11) is 1.87. The number of amides is 1. The van der Waals surface area contributed by atoms with E-state index in [4.69, 9.17) is 0 Å². The average molecular weight is 316 g/mol. The van der Waals surface area contributed by atoms with Crippen molar-refractivity contribution in [2.45, 2.75) is 26.3 Å². The highest BCUT2D eigenvalue weighted by molar-refractivity contribution is 5.92. The summed E-state index contributed by atoms with van der Waals surface area (Å²) in [6.45, 7) is 3.92. The smallest absolute Gasteiger partial charge is 0.238 e. The van der Waals surface area contributed by atoms with Crippen molar-refractivity contribution in [2.75, 3.05) is 18.9 Å². The Morgan fingerprint density at radius 2 is 2.17 bits per heavy atom. The van der Waals surface area contributed by atoms with Gasteiger partial charge in [0.25, 0.3) is 0 Å². The van der Waals surface area contributed by atoms with Gasteiger partial charge in [-0.1, -0.05) is 6.07 Å². The molecule has 1 heterocycles. The average Bonchev–Trinajstić information content (AvgIpc) is 2.51. The highest BCUT2D eigenvalue weighted by Gasteiger charge is 2.14. The fourth-order valence-electron chi connectivity index (χ4n) is 2.15. The Bertz CT molecular complexity index is 663. The minimum atomic E-state index is -0.327. The summed E-state index contributed by atoms with van der Waals surface area (Å²) in [5, 5.41) is 2.71. The molecule has 0 saturated carbocycles. The molecule has 0 spiro atoms. The van der Waals surface area contributed by atoms with E-state index in [9.17, 15) is 9.18 Å². The fourth-order valence-corrected chi connectivity index (χ4v) is 2.15. The molecule has 0 aliphatic rings. The second-order valence-corrected chi connectivity index (χ2v) is 5.68. The number of benzene rings is 1. The molecular formula is C17H21FN4O. The summed E-state index contributed by atoms with van der Waals surface area (Å²) >= 11 is 0. The zero-order valence-electron chi connectivity index (χ0n) is 13.6. The first-order valence-electron chi connectivity index (χ1n) is 7.47. The van der Waals surface area contributed by atoms with Gasteiger partial charge in [0.2, 0.25) is 5.91 Å². The summed E-state index contributed by atoms with van der Waals surface area (Å²) in [6, 6.07) is 4.80. The van der Waals surface area contributed by atoms with E-state index in [1.165, 1.54) is 6.07 Å². The van der Waals surface area contributed by atoms with Crippen molar-refractivity contribution in [2.24, 2.45) is 0 Å². The van der Waals surface area contributed by atoms with Crippen molar-refractivity contribution in [1.82, 2.24) is 14.9 Å². The van der Waals surface area contributed by atoms with E-state index < -0.39 is 0 Å². The van der Waals surface area contributed by atoms with E-state index in [1.807, 2.05) is 18.9 Å². The zero-order chi connectivity index (χ0) is 16.8. The van der Waals surface area contributed by atoms with Gasteiger partial charge in [-0.3, -0.25) is 19.7 Å². The third-order valence-electron chi connectivity index (χ3n) is 3.72. The van der Waals surface area contributed by atoms with E-state index in [2.05, 4.69) is 15.3 Å². The number of anilines is 1. The summed E-state index contributed by atoms with van der Waals surface area (Å²) < 4.78 is 13.5. The summed E-state index contributed by atoms with van der Waals surface area (Å²) in [5.74, 6) is -0.506. The molecule has 2 rings (SSSR count). The molecule has 1 atom stereocenters. The first-order chi connectivity index (χ1) is 11.0. The van der Waals surface area contributed by atoms with Crippen LogP contribution >= 0.6 is 0 Å². The second-order valence-electron chi connectivity index (χ2n) is 5.68. The summed E-state index contributed by atoms with van der Waals surface area (Å²) in [6.07, 6.45) is 5.71. The lowest BCUT2D eigenvalue weighted by Gasteiger charge is -2.23. The molecule has 122 valence electrons. The van der Waals surface area contributed by atoms with Gasteiger partial charge in [-0.25, -0.2) is 4.39 Å². The summed E-state index contributed by atoms with van der Waals surface area (Å²) in [5.41, 5.74) is 1.90. The first-order valence-corrected chi connectivity index (χ1v) is 7.47. The van der Waals surface area contributed by atoms with Crippen LogP contribution in [0.1, 0.15) is 18.2 Å². The largest absolute Gasteiger partial charge is 0.325 e. The van der Waals surface area contributed by atoms with Crippen LogP contribution in [-0.4, -0.2) is 40.4 Å². The molecule has 0 aliphatic heterocycles. The quantitative estimate of drug-likeness (QED) is 0.889. The number of rotatable bonds is 6. The number of hydrogen-bond donors (Lipinski definition) is 1. The van der Waals surface area contributed by atoms with E-state index in [0.717, 1.165) is 5.69 Å². The number of carbonyl (C=O) groups is 1. The number of halogens is 1. The molecular weight excluding hydrogens is 295 g/mol.